The number of halogens is 1. The molecule has 0 fully saturated rings. The number of nitrogens with zero attached hydrogens (tertiary/aromatic N) is 1. The van der Waals surface area contributed by atoms with Gasteiger partial charge in [0.25, 0.3) is 0 Å². The van der Waals surface area contributed by atoms with Gasteiger partial charge >= 0.3 is 0 Å². The molecule has 0 saturated heterocycles. The maximum atomic E-state index is 13.0. The SMILES string of the molecule is COc1ccc(CCC(=O)NCc2cc(-c3ccc(F)cc3)on2)cc1. The third kappa shape index (κ3) is 4.69. The highest BCUT2D eigenvalue weighted by Gasteiger charge is 2.09. The van der Waals surface area contributed by atoms with Gasteiger partial charge in [0.15, 0.2) is 5.76 Å². The molecular formula is C20H19FN2O3. The van der Waals surface area contributed by atoms with Crippen molar-refractivity contribution in [2.45, 2.75) is 19.4 Å². The summed E-state index contributed by atoms with van der Waals surface area (Å²) in [6, 6.07) is 15.3. The van der Waals surface area contributed by atoms with E-state index in [9.17, 15) is 9.18 Å². The van der Waals surface area contributed by atoms with Crippen molar-refractivity contribution in [3.63, 3.8) is 0 Å². The van der Waals surface area contributed by atoms with E-state index < -0.39 is 0 Å². The van der Waals surface area contributed by atoms with Gasteiger partial charge in [-0.15, -0.1) is 0 Å². The fourth-order valence-electron chi connectivity index (χ4n) is 2.47. The van der Waals surface area contributed by atoms with E-state index in [-0.39, 0.29) is 18.3 Å². The van der Waals surface area contributed by atoms with E-state index in [1.54, 1.807) is 25.3 Å². The van der Waals surface area contributed by atoms with Crippen LogP contribution in [-0.2, 0) is 17.8 Å². The Morgan fingerprint density at radius 1 is 1.15 bits per heavy atom. The number of benzene rings is 2. The third-order valence-electron chi connectivity index (χ3n) is 3.95. The molecule has 6 heteroatoms. The Balaban J connectivity index is 1.47. The Bertz CT molecular complexity index is 858. The molecule has 5 nitrogen and oxygen atoms in total. The summed E-state index contributed by atoms with van der Waals surface area (Å²) in [6.07, 6.45) is 1.03. The highest BCUT2D eigenvalue weighted by atomic mass is 19.1. The zero-order valence-corrected chi connectivity index (χ0v) is 14.4. The molecule has 0 aliphatic carbocycles. The molecule has 0 bridgehead atoms. The van der Waals surface area contributed by atoms with Crippen LogP contribution >= 0.6 is 0 Å². The van der Waals surface area contributed by atoms with Crippen LogP contribution in [0.1, 0.15) is 17.7 Å². The van der Waals surface area contributed by atoms with Gasteiger partial charge in [0.05, 0.1) is 13.7 Å². The minimum atomic E-state index is -0.308. The third-order valence-corrected chi connectivity index (χ3v) is 3.95. The van der Waals surface area contributed by atoms with Crippen molar-refractivity contribution in [2.24, 2.45) is 0 Å². The Kier molecular flexibility index (Phi) is 5.63. The molecule has 3 rings (SSSR count). The normalized spacial score (nSPS) is 10.5. The van der Waals surface area contributed by atoms with Gasteiger partial charge in [0, 0.05) is 18.1 Å². The van der Waals surface area contributed by atoms with Crippen molar-refractivity contribution in [3.8, 4) is 17.1 Å². The van der Waals surface area contributed by atoms with E-state index >= 15 is 0 Å². The van der Waals surface area contributed by atoms with Gasteiger partial charge in [-0.2, -0.15) is 0 Å². The van der Waals surface area contributed by atoms with Gasteiger partial charge in [0.2, 0.25) is 5.91 Å². The van der Waals surface area contributed by atoms with Crippen LogP contribution in [0.3, 0.4) is 0 Å². The predicted octanol–water partition coefficient (Wildman–Crippen LogP) is 3.74. The average Bonchev–Trinajstić information content (AvgIpc) is 3.14. The molecule has 0 atom stereocenters. The van der Waals surface area contributed by atoms with Crippen LogP contribution in [0.25, 0.3) is 11.3 Å². The van der Waals surface area contributed by atoms with Crippen molar-refractivity contribution < 1.29 is 18.4 Å². The number of hydrogen-bond acceptors (Lipinski definition) is 4. The smallest absolute Gasteiger partial charge is 0.220 e. The van der Waals surface area contributed by atoms with Crippen molar-refractivity contribution in [1.82, 2.24) is 10.5 Å². The molecule has 1 heterocycles. The fourth-order valence-corrected chi connectivity index (χ4v) is 2.47. The molecular weight excluding hydrogens is 335 g/mol. The van der Waals surface area contributed by atoms with Gasteiger partial charge in [0.1, 0.15) is 17.3 Å². The van der Waals surface area contributed by atoms with Gasteiger partial charge in [-0.3, -0.25) is 4.79 Å². The molecule has 0 spiro atoms. The topological polar surface area (TPSA) is 64.4 Å². The molecule has 1 N–H and O–H groups in total. The lowest BCUT2D eigenvalue weighted by molar-refractivity contribution is -0.121. The quantitative estimate of drug-likeness (QED) is 0.702. The monoisotopic (exact) mass is 354 g/mol. The first kappa shape index (κ1) is 17.7. The largest absolute Gasteiger partial charge is 0.497 e. The van der Waals surface area contributed by atoms with E-state index in [1.807, 2.05) is 24.3 Å². The average molecular weight is 354 g/mol. The van der Waals surface area contributed by atoms with E-state index in [0.29, 0.717) is 24.3 Å². The lowest BCUT2D eigenvalue weighted by Gasteiger charge is -2.04. The Morgan fingerprint density at radius 2 is 1.88 bits per heavy atom. The van der Waals surface area contributed by atoms with Crippen LogP contribution in [0.5, 0.6) is 5.75 Å². The lowest BCUT2D eigenvalue weighted by atomic mass is 10.1. The molecule has 0 unspecified atom stereocenters. The summed E-state index contributed by atoms with van der Waals surface area (Å²) < 4.78 is 23.3. The van der Waals surface area contributed by atoms with Crippen molar-refractivity contribution >= 4 is 5.91 Å². The molecule has 1 aromatic heterocycles. The zero-order valence-electron chi connectivity index (χ0n) is 14.4. The van der Waals surface area contributed by atoms with Gasteiger partial charge in [-0.1, -0.05) is 17.3 Å². The Labute approximate surface area is 150 Å². The Hall–Kier alpha value is -3.15. The highest BCUT2D eigenvalue weighted by molar-refractivity contribution is 5.76. The maximum absolute atomic E-state index is 13.0. The van der Waals surface area contributed by atoms with Crippen LogP contribution in [0, 0.1) is 5.82 Å². The van der Waals surface area contributed by atoms with Crippen LogP contribution in [0.2, 0.25) is 0 Å². The molecule has 2 aromatic carbocycles. The van der Waals surface area contributed by atoms with Gasteiger partial charge in [-0.05, 0) is 48.4 Å². The minimum Gasteiger partial charge on any atom is -0.497 e. The first-order valence-electron chi connectivity index (χ1n) is 8.25. The highest BCUT2D eigenvalue weighted by Crippen LogP contribution is 2.20. The summed E-state index contributed by atoms with van der Waals surface area (Å²) in [6.45, 7) is 0.284. The molecule has 3 aromatic rings. The molecule has 0 aliphatic heterocycles. The summed E-state index contributed by atoms with van der Waals surface area (Å²) in [5.41, 5.74) is 2.42. The number of hydrogen-bond donors (Lipinski definition) is 1. The number of nitrogens with one attached hydrogen (secondary N) is 1. The zero-order chi connectivity index (χ0) is 18.4. The molecule has 1 amide bonds. The molecule has 0 saturated carbocycles. The Morgan fingerprint density at radius 3 is 2.58 bits per heavy atom. The second-order valence-electron chi connectivity index (χ2n) is 5.81. The summed E-state index contributed by atoms with van der Waals surface area (Å²) in [5, 5.41) is 6.75. The fraction of sp³-hybridized carbons (Fsp3) is 0.200. The van der Waals surface area contributed by atoms with Gasteiger partial charge < -0.3 is 14.6 Å². The van der Waals surface area contributed by atoms with Crippen LogP contribution < -0.4 is 10.1 Å². The number of carbonyl (C=O) groups is 1. The van der Waals surface area contributed by atoms with E-state index in [4.69, 9.17) is 9.26 Å². The number of methoxy groups -OCH3 is 1. The van der Waals surface area contributed by atoms with Crippen molar-refractivity contribution in [1.29, 1.82) is 0 Å². The summed E-state index contributed by atoms with van der Waals surface area (Å²) in [7, 11) is 1.62. The molecule has 0 radical (unpaired) electrons. The van der Waals surface area contributed by atoms with E-state index in [0.717, 1.165) is 16.9 Å². The van der Waals surface area contributed by atoms with Crippen LogP contribution in [-0.4, -0.2) is 18.2 Å². The maximum Gasteiger partial charge on any atom is 0.220 e. The van der Waals surface area contributed by atoms with Gasteiger partial charge in [-0.25, -0.2) is 4.39 Å². The number of carbonyl (C=O) groups excluding carboxylic acids is 1. The minimum absolute atomic E-state index is 0.0628. The predicted molar refractivity (Wildman–Crippen MR) is 95.1 cm³/mol. The number of amides is 1. The standard InChI is InChI=1S/C20H19FN2O3/c1-25-18-9-2-14(3-10-18)4-11-20(24)22-13-17-12-19(26-23-17)15-5-7-16(21)8-6-15/h2-3,5-10,12H,4,11,13H2,1H3,(H,22,24). The van der Waals surface area contributed by atoms with Crippen LogP contribution in [0.4, 0.5) is 4.39 Å². The molecule has 134 valence electrons. The molecule has 26 heavy (non-hydrogen) atoms. The number of rotatable bonds is 7. The summed E-state index contributed by atoms with van der Waals surface area (Å²) in [4.78, 5) is 12.0. The van der Waals surface area contributed by atoms with Crippen molar-refractivity contribution in [3.05, 3.63) is 71.7 Å². The van der Waals surface area contributed by atoms with Crippen LogP contribution in [0.15, 0.2) is 59.1 Å². The second kappa shape index (κ2) is 8.29. The lowest BCUT2D eigenvalue weighted by Crippen LogP contribution is -2.23. The van der Waals surface area contributed by atoms with Crippen molar-refractivity contribution in [2.75, 3.05) is 7.11 Å². The first-order valence-corrected chi connectivity index (χ1v) is 8.25. The summed E-state index contributed by atoms with van der Waals surface area (Å²) in [5.74, 6) is 0.957. The number of aryl methyl sites for hydroxylation is 1. The summed E-state index contributed by atoms with van der Waals surface area (Å²) >= 11 is 0. The second-order valence-corrected chi connectivity index (χ2v) is 5.81. The number of aromatic nitrogens is 1. The van der Waals surface area contributed by atoms with E-state index in [2.05, 4.69) is 10.5 Å². The van der Waals surface area contributed by atoms with E-state index in [1.165, 1.54) is 12.1 Å². The molecule has 0 aliphatic rings. The number of ether oxygens (including phenoxy) is 1. The first-order chi connectivity index (χ1) is 12.6.